The summed E-state index contributed by atoms with van der Waals surface area (Å²) >= 11 is 0. The van der Waals surface area contributed by atoms with Crippen LogP contribution in [0.25, 0.3) is 0 Å². The first-order valence-electron chi connectivity index (χ1n) is 10.1. The average Bonchev–Trinajstić information content (AvgIpc) is 3.04. The highest BCUT2D eigenvalue weighted by Gasteiger charge is 2.52. The number of benzene rings is 1. The van der Waals surface area contributed by atoms with Gasteiger partial charge in [-0.05, 0) is 57.2 Å². The first-order valence-corrected chi connectivity index (χ1v) is 11.7. The van der Waals surface area contributed by atoms with Crippen molar-refractivity contribution in [2.75, 3.05) is 12.3 Å². The molecule has 2 bridgehead atoms. The monoisotopic (exact) mass is 415 g/mol. The van der Waals surface area contributed by atoms with Crippen LogP contribution in [0.4, 0.5) is 0 Å². The number of fused-ring (bicyclic) bond motifs is 2. The maximum absolute atomic E-state index is 12.2. The summed E-state index contributed by atoms with van der Waals surface area (Å²) in [5.74, 6) is 2.42. The zero-order chi connectivity index (χ0) is 20.2. The predicted octanol–water partition coefficient (Wildman–Crippen LogP) is 3.11. The Hall–Kier alpha value is -2.35. The quantitative estimate of drug-likeness (QED) is 0.763. The molecule has 1 aromatic heterocycles. The molecule has 6 rings (SSSR count). The zero-order valence-electron chi connectivity index (χ0n) is 16.7. The number of sulfonamides is 1. The fourth-order valence-electron chi connectivity index (χ4n) is 5.05. The summed E-state index contributed by atoms with van der Waals surface area (Å²) in [6.45, 7) is 4.75. The molecule has 2 saturated heterocycles. The summed E-state index contributed by atoms with van der Waals surface area (Å²) in [5.41, 5.74) is 2.63. The minimum atomic E-state index is -3.36. The van der Waals surface area contributed by atoms with Gasteiger partial charge in [-0.25, -0.2) is 8.42 Å². The maximum Gasteiger partial charge on any atom is 0.256 e. The highest BCUT2D eigenvalue weighted by molar-refractivity contribution is 7.90. The number of amidine groups is 1. The van der Waals surface area contributed by atoms with Crippen molar-refractivity contribution >= 4 is 15.9 Å². The van der Waals surface area contributed by atoms with Crippen molar-refractivity contribution in [1.82, 2.24) is 10.1 Å². The van der Waals surface area contributed by atoms with E-state index in [1.807, 2.05) is 26.0 Å². The minimum absolute atomic E-state index is 0.123. The van der Waals surface area contributed by atoms with Gasteiger partial charge in [0.25, 0.3) is 10.0 Å². The normalized spacial score (nSPS) is 27.4. The molecule has 4 aliphatic rings. The Morgan fingerprint density at radius 3 is 2.59 bits per heavy atom. The second-order valence-corrected chi connectivity index (χ2v) is 10.1. The van der Waals surface area contributed by atoms with E-state index in [-0.39, 0.29) is 11.2 Å². The number of aromatic nitrogens is 1. The van der Waals surface area contributed by atoms with Gasteiger partial charge in [-0.3, -0.25) is 0 Å². The van der Waals surface area contributed by atoms with E-state index in [0.717, 1.165) is 59.8 Å². The van der Waals surface area contributed by atoms with Crippen LogP contribution in [0.1, 0.15) is 48.3 Å². The van der Waals surface area contributed by atoms with E-state index >= 15 is 0 Å². The van der Waals surface area contributed by atoms with Crippen molar-refractivity contribution in [2.45, 2.75) is 57.6 Å². The lowest BCUT2D eigenvalue weighted by atomic mass is 9.63. The summed E-state index contributed by atoms with van der Waals surface area (Å²) in [6, 6.07) is 8.49. The molecule has 3 aliphatic heterocycles. The molecule has 154 valence electrons. The van der Waals surface area contributed by atoms with Gasteiger partial charge in [0.05, 0.1) is 22.4 Å². The van der Waals surface area contributed by atoms with Gasteiger partial charge < -0.3 is 14.2 Å². The van der Waals surface area contributed by atoms with Crippen LogP contribution in [0.15, 0.2) is 33.2 Å². The Morgan fingerprint density at radius 2 is 1.93 bits per heavy atom. The Morgan fingerprint density at radius 1 is 1.21 bits per heavy atom. The third kappa shape index (κ3) is 3.04. The van der Waals surface area contributed by atoms with Gasteiger partial charge in [-0.2, -0.15) is 0 Å². The van der Waals surface area contributed by atoms with Gasteiger partial charge in [0.15, 0.2) is 0 Å². The molecule has 3 fully saturated rings. The van der Waals surface area contributed by atoms with E-state index in [1.54, 1.807) is 0 Å². The SMILES string of the molecule is Cc1noc(C)c1COc1ccc(C23CCC(CC2)N2CCS(=O)(=O)N=C23)cc1. The minimum Gasteiger partial charge on any atom is -0.489 e. The lowest BCUT2D eigenvalue weighted by molar-refractivity contribution is 0.151. The van der Waals surface area contributed by atoms with E-state index in [2.05, 4.69) is 26.6 Å². The fourth-order valence-corrected chi connectivity index (χ4v) is 6.11. The van der Waals surface area contributed by atoms with Crippen molar-refractivity contribution in [3.63, 3.8) is 0 Å². The molecule has 0 unspecified atom stereocenters. The second kappa shape index (κ2) is 6.58. The Kier molecular flexibility index (Phi) is 4.24. The van der Waals surface area contributed by atoms with Crippen LogP contribution >= 0.6 is 0 Å². The van der Waals surface area contributed by atoms with Crippen LogP contribution in [0.2, 0.25) is 0 Å². The molecule has 0 amide bonds. The number of nitrogens with zero attached hydrogens (tertiary/aromatic N) is 3. The summed E-state index contributed by atoms with van der Waals surface area (Å²) in [6.07, 6.45) is 4.07. The molecule has 0 spiro atoms. The molecular formula is C21H25N3O4S. The molecule has 0 atom stereocenters. The molecule has 1 aliphatic carbocycles. The number of hydrogen-bond acceptors (Lipinski definition) is 6. The summed E-state index contributed by atoms with van der Waals surface area (Å²) in [5, 5.41) is 3.96. The smallest absolute Gasteiger partial charge is 0.256 e. The van der Waals surface area contributed by atoms with Crippen LogP contribution in [-0.2, 0) is 22.0 Å². The Bertz CT molecular complexity index is 1040. The maximum atomic E-state index is 12.2. The van der Waals surface area contributed by atoms with Gasteiger partial charge >= 0.3 is 0 Å². The van der Waals surface area contributed by atoms with Gasteiger partial charge in [0.1, 0.15) is 24.0 Å². The van der Waals surface area contributed by atoms with E-state index in [1.165, 1.54) is 0 Å². The molecular weight excluding hydrogens is 390 g/mol. The van der Waals surface area contributed by atoms with Crippen LogP contribution in [0.5, 0.6) is 5.75 Å². The molecule has 1 saturated carbocycles. The van der Waals surface area contributed by atoms with Gasteiger partial charge in [0.2, 0.25) is 0 Å². The molecule has 8 heteroatoms. The molecule has 4 heterocycles. The van der Waals surface area contributed by atoms with Crippen molar-refractivity contribution in [3.8, 4) is 5.75 Å². The molecule has 7 nitrogen and oxygen atoms in total. The predicted molar refractivity (Wildman–Crippen MR) is 109 cm³/mol. The average molecular weight is 416 g/mol. The van der Waals surface area contributed by atoms with Gasteiger partial charge in [0, 0.05) is 12.6 Å². The van der Waals surface area contributed by atoms with Crippen LogP contribution in [0, 0.1) is 13.8 Å². The van der Waals surface area contributed by atoms with Crippen LogP contribution in [-0.4, -0.2) is 42.6 Å². The molecule has 0 N–H and O–H groups in total. The van der Waals surface area contributed by atoms with Crippen LogP contribution < -0.4 is 4.74 Å². The largest absolute Gasteiger partial charge is 0.489 e. The lowest BCUT2D eigenvalue weighted by Gasteiger charge is -2.55. The fraction of sp³-hybridized carbons (Fsp3) is 0.524. The number of piperidine rings is 2. The lowest BCUT2D eigenvalue weighted by Crippen LogP contribution is -2.62. The van der Waals surface area contributed by atoms with E-state index < -0.39 is 10.0 Å². The molecule has 1 aromatic carbocycles. The van der Waals surface area contributed by atoms with Crippen LogP contribution in [0.3, 0.4) is 0 Å². The van der Waals surface area contributed by atoms with Crippen molar-refractivity contribution in [2.24, 2.45) is 4.40 Å². The number of aryl methyl sites for hydroxylation is 2. The highest BCUT2D eigenvalue weighted by atomic mass is 32.2. The number of hydrogen-bond donors (Lipinski definition) is 0. The first kappa shape index (κ1) is 18.7. The molecule has 29 heavy (non-hydrogen) atoms. The van der Waals surface area contributed by atoms with Crippen molar-refractivity contribution < 1.29 is 17.7 Å². The molecule has 0 radical (unpaired) electrons. The van der Waals surface area contributed by atoms with Crippen molar-refractivity contribution in [1.29, 1.82) is 0 Å². The molecule has 2 aromatic rings. The zero-order valence-corrected chi connectivity index (χ0v) is 17.5. The third-order valence-electron chi connectivity index (χ3n) is 6.74. The van der Waals surface area contributed by atoms with Crippen molar-refractivity contribution in [3.05, 3.63) is 46.8 Å². The van der Waals surface area contributed by atoms with E-state index in [0.29, 0.717) is 19.2 Å². The topological polar surface area (TPSA) is 85.0 Å². The Labute approximate surface area is 170 Å². The van der Waals surface area contributed by atoms with E-state index in [9.17, 15) is 8.42 Å². The number of ether oxygens (including phenoxy) is 1. The standard InChI is InChI=1S/C21H25N3O4S/c1-14-19(15(2)28-22-14)13-27-18-5-3-16(4-6-18)21-9-7-17(8-10-21)24-11-12-29(25,26)23-20(21)24/h3-6,17H,7-13H2,1-2H3. The first-order chi connectivity index (χ1) is 13.9. The second-order valence-electron chi connectivity index (χ2n) is 8.32. The Balaban J connectivity index is 1.42. The van der Waals surface area contributed by atoms with E-state index in [4.69, 9.17) is 9.26 Å². The summed E-state index contributed by atoms with van der Waals surface area (Å²) in [7, 11) is -3.36. The highest BCUT2D eigenvalue weighted by Crippen LogP contribution is 2.49. The van der Waals surface area contributed by atoms with Gasteiger partial charge in [-0.1, -0.05) is 17.3 Å². The van der Waals surface area contributed by atoms with Gasteiger partial charge in [-0.15, -0.1) is 4.40 Å². The number of rotatable bonds is 4. The summed E-state index contributed by atoms with van der Waals surface area (Å²) < 4.78 is 39.8. The third-order valence-corrected chi connectivity index (χ3v) is 7.89. The summed E-state index contributed by atoms with van der Waals surface area (Å²) in [4.78, 5) is 2.25.